The Hall–Kier alpha value is -2.35. The standard InChI is InChI=1S/C23H29N2/c1-16(2)19-10-9-11-20(17(3)4)23(19)25-15-13-18(5)22(25)21-12-7-8-14-24(21)6/h7-17H,1-6H3/q+1. The van der Waals surface area contributed by atoms with Crippen LogP contribution in [0.15, 0.2) is 54.9 Å². The lowest BCUT2D eigenvalue weighted by Gasteiger charge is -2.22. The Kier molecular flexibility index (Phi) is 4.80. The summed E-state index contributed by atoms with van der Waals surface area (Å²) in [5, 5.41) is 0. The van der Waals surface area contributed by atoms with Gasteiger partial charge in [-0.15, -0.1) is 0 Å². The van der Waals surface area contributed by atoms with Crippen molar-refractivity contribution >= 4 is 0 Å². The topological polar surface area (TPSA) is 8.81 Å². The molecule has 0 aliphatic carbocycles. The van der Waals surface area contributed by atoms with Crippen LogP contribution in [-0.2, 0) is 7.05 Å². The first kappa shape index (κ1) is 17.5. The number of hydrogen-bond acceptors (Lipinski definition) is 0. The SMILES string of the molecule is Cc1ccn(-c2c(C(C)C)cccc2C(C)C)c1-c1cccc[n+]1C. The molecule has 3 rings (SSSR count). The van der Waals surface area contributed by atoms with Crippen molar-refractivity contribution in [2.24, 2.45) is 7.05 Å². The number of rotatable bonds is 4. The van der Waals surface area contributed by atoms with Crippen LogP contribution in [0.25, 0.3) is 17.1 Å². The minimum Gasteiger partial charge on any atom is -0.311 e. The highest BCUT2D eigenvalue weighted by molar-refractivity contribution is 5.64. The summed E-state index contributed by atoms with van der Waals surface area (Å²) in [5.74, 6) is 0.961. The fraction of sp³-hybridized carbons (Fsp3) is 0.348. The quantitative estimate of drug-likeness (QED) is 0.556. The average molecular weight is 333 g/mol. The van der Waals surface area contributed by atoms with Crippen LogP contribution in [0.3, 0.4) is 0 Å². The molecule has 0 aliphatic rings. The van der Waals surface area contributed by atoms with Crippen LogP contribution in [0.4, 0.5) is 0 Å². The molecule has 0 saturated carbocycles. The zero-order valence-corrected chi connectivity index (χ0v) is 16.2. The second-order valence-electron chi connectivity index (χ2n) is 7.51. The largest absolute Gasteiger partial charge is 0.311 e. The summed E-state index contributed by atoms with van der Waals surface area (Å²) >= 11 is 0. The van der Waals surface area contributed by atoms with Crippen LogP contribution in [0, 0.1) is 6.92 Å². The lowest BCUT2D eigenvalue weighted by Crippen LogP contribution is -2.31. The maximum atomic E-state index is 2.40. The predicted molar refractivity (Wildman–Crippen MR) is 105 cm³/mol. The van der Waals surface area contributed by atoms with Gasteiger partial charge in [0.2, 0.25) is 5.69 Å². The van der Waals surface area contributed by atoms with E-state index in [-0.39, 0.29) is 0 Å². The van der Waals surface area contributed by atoms with E-state index in [1.807, 2.05) is 0 Å². The Balaban J connectivity index is 2.35. The molecule has 0 bridgehead atoms. The molecule has 0 N–H and O–H groups in total. The molecule has 0 saturated heterocycles. The lowest BCUT2D eigenvalue weighted by atomic mass is 9.92. The zero-order chi connectivity index (χ0) is 18.1. The summed E-state index contributed by atoms with van der Waals surface area (Å²) in [5.41, 5.74) is 7.97. The molecule has 0 atom stereocenters. The third kappa shape index (κ3) is 3.13. The number of pyridine rings is 1. The molecule has 0 aliphatic heterocycles. The van der Waals surface area contributed by atoms with Crippen LogP contribution in [0.5, 0.6) is 0 Å². The highest BCUT2D eigenvalue weighted by atomic mass is 15.0. The Morgan fingerprint density at radius 3 is 2.04 bits per heavy atom. The van der Waals surface area contributed by atoms with E-state index in [1.54, 1.807) is 0 Å². The summed E-state index contributed by atoms with van der Waals surface area (Å²) in [6, 6.07) is 15.4. The lowest BCUT2D eigenvalue weighted by molar-refractivity contribution is -0.660. The molecule has 25 heavy (non-hydrogen) atoms. The molecule has 0 amide bonds. The van der Waals surface area contributed by atoms with Crippen LogP contribution >= 0.6 is 0 Å². The number of nitrogens with zero attached hydrogens (tertiary/aromatic N) is 2. The summed E-state index contributed by atoms with van der Waals surface area (Å²) in [4.78, 5) is 0. The minimum atomic E-state index is 0.480. The maximum Gasteiger partial charge on any atom is 0.229 e. The van der Waals surface area contributed by atoms with Gasteiger partial charge in [-0.1, -0.05) is 45.9 Å². The Bertz CT molecular complexity index is 859. The van der Waals surface area contributed by atoms with Gasteiger partial charge in [-0.3, -0.25) is 0 Å². The van der Waals surface area contributed by atoms with Crippen LogP contribution in [0.1, 0.15) is 56.2 Å². The van der Waals surface area contributed by atoms with E-state index in [9.17, 15) is 0 Å². The second-order valence-corrected chi connectivity index (χ2v) is 7.51. The van der Waals surface area contributed by atoms with Gasteiger partial charge in [0.1, 0.15) is 12.7 Å². The van der Waals surface area contributed by atoms with Crippen molar-refractivity contribution < 1.29 is 4.57 Å². The number of hydrogen-bond donors (Lipinski definition) is 0. The Labute approximate surface area is 151 Å². The van der Waals surface area contributed by atoms with E-state index in [1.165, 1.54) is 33.8 Å². The molecule has 0 fully saturated rings. The van der Waals surface area contributed by atoms with E-state index < -0.39 is 0 Å². The monoisotopic (exact) mass is 333 g/mol. The third-order valence-electron chi connectivity index (χ3n) is 4.97. The smallest absolute Gasteiger partial charge is 0.229 e. The number of para-hydroxylation sites is 1. The summed E-state index contributed by atoms with van der Waals surface area (Å²) in [7, 11) is 2.11. The first-order chi connectivity index (χ1) is 11.9. The van der Waals surface area contributed by atoms with Gasteiger partial charge in [-0.25, -0.2) is 0 Å². The molecule has 0 unspecified atom stereocenters. The first-order valence-corrected chi connectivity index (χ1v) is 9.18. The summed E-state index contributed by atoms with van der Waals surface area (Å²) in [6.07, 6.45) is 4.34. The minimum absolute atomic E-state index is 0.480. The second kappa shape index (κ2) is 6.87. The van der Waals surface area contributed by atoms with E-state index in [4.69, 9.17) is 0 Å². The van der Waals surface area contributed by atoms with Crippen molar-refractivity contribution in [3.63, 3.8) is 0 Å². The molecular weight excluding hydrogens is 304 g/mol. The highest BCUT2D eigenvalue weighted by Crippen LogP contribution is 2.35. The average Bonchev–Trinajstić information content (AvgIpc) is 2.95. The summed E-state index contributed by atoms with van der Waals surface area (Å²) in [6.45, 7) is 11.3. The third-order valence-corrected chi connectivity index (χ3v) is 4.97. The molecule has 0 spiro atoms. The van der Waals surface area contributed by atoms with Gasteiger partial charge in [0, 0.05) is 18.3 Å². The van der Waals surface area contributed by atoms with Crippen LogP contribution in [0.2, 0.25) is 0 Å². The first-order valence-electron chi connectivity index (χ1n) is 9.18. The molecule has 130 valence electrons. The van der Waals surface area contributed by atoms with E-state index in [0.29, 0.717) is 11.8 Å². The molecule has 2 heteroatoms. The fourth-order valence-corrected chi connectivity index (χ4v) is 3.60. The van der Waals surface area contributed by atoms with Gasteiger partial charge in [0.15, 0.2) is 6.20 Å². The molecule has 2 aromatic heterocycles. The van der Waals surface area contributed by atoms with Crippen molar-refractivity contribution in [2.45, 2.75) is 46.5 Å². The molecule has 1 aromatic carbocycles. The van der Waals surface area contributed by atoms with Crippen molar-refractivity contribution in [3.8, 4) is 17.1 Å². The molecule has 2 heterocycles. The van der Waals surface area contributed by atoms with Crippen molar-refractivity contribution in [3.05, 3.63) is 71.5 Å². The number of aryl methyl sites for hydroxylation is 2. The van der Waals surface area contributed by atoms with Gasteiger partial charge in [-0.2, -0.15) is 4.57 Å². The molecule has 2 nitrogen and oxygen atoms in total. The van der Waals surface area contributed by atoms with Gasteiger partial charge < -0.3 is 4.57 Å². The normalized spacial score (nSPS) is 11.5. The van der Waals surface area contributed by atoms with Crippen molar-refractivity contribution in [1.29, 1.82) is 0 Å². The summed E-state index contributed by atoms with van der Waals surface area (Å²) < 4.78 is 4.60. The van der Waals surface area contributed by atoms with Gasteiger partial charge in [0.25, 0.3) is 0 Å². The van der Waals surface area contributed by atoms with E-state index in [0.717, 1.165) is 0 Å². The van der Waals surface area contributed by atoms with Crippen molar-refractivity contribution in [2.75, 3.05) is 0 Å². The zero-order valence-electron chi connectivity index (χ0n) is 16.2. The van der Waals surface area contributed by atoms with Gasteiger partial charge in [0.05, 0.1) is 5.69 Å². The molecule has 0 radical (unpaired) electrons. The van der Waals surface area contributed by atoms with E-state index in [2.05, 4.69) is 106 Å². The Morgan fingerprint density at radius 1 is 0.840 bits per heavy atom. The van der Waals surface area contributed by atoms with E-state index >= 15 is 0 Å². The highest BCUT2D eigenvalue weighted by Gasteiger charge is 2.22. The van der Waals surface area contributed by atoms with Gasteiger partial charge >= 0.3 is 0 Å². The molecular formula is C23H29N2+. The Morgan fingerprint density at radius 2 is 1.48 bits per heavy atom. The predicted octanol–water partition coefficient (Wildman–Crippen LogP) is 5.52. The van der Waals surface area contributed by atoms with Crippen molar-refractivity contribution in [1.82, 2.24) is 4.57 Å². The maximum absolute atomic E-state index is 2.40. The van der Waals surface area contributed by atoms with Crippen LogP contribution < -0.4 is 4.57 Å². The van der Waals surface area contributed by atoms with Gasteiger partial charge in [-0.05, 0) is 47.6 Å². The van der Waals surface area contributed by atoms with Crippen LogP contribution in [-0.4, -0.2) is 4.57 Å². The molecule has 3 aromatic rings. The fourth-order valence-electron chi connectivity index (χ4n) is 3.60. The number of aromatic nitrogens is 2. The number of benzene rings is 1.